The molecule has 0 fully saturated rings. The summed E-state index contributed by atoms with van der Waals surface area (Å²) in [7, 11) is 5.89. The van der Waals surface area contributed by atoms with Crippen LogP contribution in [0.2, 0.25) is 0 Å². The summed E-state index contributed by atoms with van der Waals surface area (Å²) in [6.07, 6.45) is 1.34. The molecule has 4 aromatic rings. The molecule has 2 N–H and O–H groups in total. The van der Waals surface area contributed by atoms with E-state index in [9.17, 15) is 14.4 Å². The number of ether oxygens (including phenoxy) is 5. The molecule has 2 aromatic carbocycles. The van der Waals surface area contributed by atoms with Crippen LogP contribution in [0, 0.1) is 0 Å². The second kappa shape index (κ2) is 12.7. The Morgan fingerprint density at radius 2 is 1.57 bits per heavy atom. The van der Waals surface area contributed by atoms with Crippen LogP contribution in [0.5, 0.6) is 23.0 Å². The lowest BCUT2D eigenvalue weighted by Crippen LogP contribution is -2.22. The first-order valence-electron chi connectivity index (χ1n) is 11.6. The number of benzene rings is 2. The minimum atomic E-state index is -0.879. The van der Waals surface area contributed by atoms with E-state index in [1.54, 1.807) is 30.7 Å². The highest BCUT2D eigenvalue weighted by atomic mass is 32.1. The number of amides is 2. The van der Waals surface area contributed by atoms with E-state index in [0.717, 1.165) is 5.56 Å². The zero-order chi connectivity index (χ0) is 28.6. The second-order valence-corrected chi connectivity index (χ2v) is 8.77. The summed E-state index contributed by atoms with van der Waals surface area (Å²) in [6, 6.07) is 11.1. The lowest BCUT2D eigenvalue weighted by Gasteiger charge is -2.15. The minimum Gasteiger partial charge on any atom is -0.493 e. The zero-order valence-corrected chi connectivity index (χ0v) is 22.7. The quantitative estimate of drug-likeness (QED) is 0.249. The van der Waals surface area contributed by atoms with E-state index in [-0.39, 0.29) is 28.5 Å². The van der Waals surface area contributed by atoms with Crippen LogP contribution < -0.4 is 29.6 Å². The van der Waals surface area contributed by atoms with Gasteiger partial charge in [0.1, 0.15) is 0 Å². The first-order chi connectivity index (χ1) is 19.4. The molecule has 2 aromatic heterocycles. The van der Waals surface area contributed by atoms with Crippen LogP contribution >= 0.6 is 11.3 Å². The molecule has 0 radical (unpaired) electrons. The maximum Gasteiger partial charge on any atom is 0.340 e. The Kier molecular flexibility index (Phi) is 8.86. The van der Waals surface area contributed by atoms with Gasteiger partial charge >= 0.3 is 5.97 Å². The molecule has 2 amide bonds. The number of esters is 1. The first kappa shape index (κ1) is 28.0. The van der Waals surface area contributed by atoms with Gasteiger partial charge in [-0.2, -0.15) is 0 Å². The molecule has 13 heteroatoms. The fraction of sp³-hybridized carbons (Fsp3) is 0.185. The SMILES string of the molecule is COc1ccc(-c2csc(NC(=O)COC(=O)c3cc(OC)c(OC)cc3NC(=O)c3ccco3)n2)cc1OC. The molecule has 0 saturated heterocycles. The van der Waals surface area contributed by atoms with Gasteiger partial charge in [0.25, 0.3) is 11.8 Å². The summed E-state index contributed by atoms with van der Waals surface area (Å²) >= 11 is 1.20. The maximum absolute atomic E-state index is 13.0. The van der Waals surface area contributed by atoms with Crippen LogP contribution in [-0.2, 0) is 9.53 Å². The number of hydrogen-bond acceptors (Lipinski definition) is 11. The lowest BCUT2D eigenvalue weighted by molar-refractivity contribution is -0.119. The topological polar surface area (TPSA) is 147 Å². The molecule has 0 spiro atoms. The van der Waals surface area contributed by atoms with Crippen molar-refractivity contribution in [2.75, 3.05) is 45.7 Å². The molecule has 0 atom stereocenters. The van der Waals surface area contributed by atoms with Crippen molar-refractivity contribution in [2.45, 2.75) is 0 Å². The number of aromatic nitrogens is 1. The number of nitrogens with one attached hydrogen (secondary N) is 2. The third-order valence-electron chi connectivity index (χ3n) is 5.50. The van der Waals surface area contributed by atoms with Crippen LogP contribution in [-0.4, -0.2) is 57.8 Å². The number of furan rings is 1. The molecular formula is C27H25N3O9S. The number of nitrogens with zero attached hydrogens (tertiary/aromatic N) is 1. The molecular weight excluding hydrogens is 542 g/mol. The molecule has 2 heterocycles. The maximum atomic E-state index is 13.0. The number of anilines is 2. The van der Waals surface area contributed by atoms with E-state index in [4.69, 9.17) is 28.1 Å². The van der Waals surface area contributed by atoms with E-state index >= 15 is 0 Å². The highest BCUT2D eigenvalue weighted by molar-refractivity contribution is 7.14. The molecule has 40 heavy (non-hydrogen) atoms. The molecule has 0 aliphatic carbocycles. The highest BCUT2D eigenvalue weighted by Gasteiger charge is 2.22. The van der Waals surface area contributed by atoms with Crippen LogP contribution in [0.15, 0.2) is 58.5 Å². The Morgan fingerprint density at radius 1 is 0.875 bits per heavy atom. The van der Waals surface area contributed by atoms with Gasteiger partial charge in [0.05, 0.1) is 51.6 Å². The first-order valence-corrected chi connectivity index (χ1v) is 12.5. The van der Waals surface area contributed by atoms with Crippen molar-refractivity contribution in [3.05, 3.63) is 65.4 Å². The smallest absolute Gasteiger partial charge is 0.340 e. The van der Waals surface area contributed by atoms with Crippen molar-refractivity contribution < 1.29 is 42.5 Å². The number of methoxy groups -OCH3 is 4. The van der Waals surface area contributed by atoms with Crippen molar-refractivity contribution in [2.24, 2.45) is 0 Å². The van der Waals surface area contributed by atoms with Crippen molar-refractivity contribution >= 4 is 39.9 Å². The highest BCUT2D eigenvalue weighted by Crippen LogP contribution is 2.35. The van der Waals surface area contributed by atoms with E-state index in [0.29, 0.717) is 22.3 Å². The van der Waals surface area contributed by atoms with E-state index in [1.165, 1.54) is 57.1 Å². The third kappa shape index (κ3) is 6.32. The predicted octanol–water partition coefficient (Wildman–Crippen LogP) is 4.49. The number of thiazole rings is 1. The zero-order valence-electron chi connectivity index (χ0n) is 21.9. The predicted molar refractivity (Wildman–Crippen MR) is 146 cm³/mol. The van der Waals surface area contributed by atoms with Gasteiger partial charge in [-0.1, -0.05) is 0 Å². The molecule has 0 unspecified atom stereocenters. The molecule has 4 rings (SSSR count). The molecule has 0 bridgehead atoms. The number of carbonyl (C=O) groups is 3. The van der Waals surface area contributed by atoms with Gasteiger partial charge in [-0.3, -0.25) is 14.9 Å². The number of rotatable bonds is 11. The average Bonchev–Trinajstić information content (AvgIpc) is 3.68. The van der Waals surface area contributed by atoms with Gasteiger partial charge in [0.15, 0.2) is 40.5 Å². The summed E-state index contributed by atoms with van der Waals surface area (Å²) in [6.45, 7) is -0.607. The van der Waals surface area contributed by atoms with E-state index in [2.05, 4.69) is 15.6 Å². The van der Waals surface area contributed by atoms with Gasteiger partial charge in [-0.05, 0) is 30.3 Å². The average molecular weight is 568 g/mol. The Bertz CT molecular complexity index is 1520. The van der Waals surface area contributed by atoms with E-state index in [1.807, 2.05) is 6.07 Å². The number of hydrogen-bond donors (Lipinski definition) is 2. The van der Waals surface area contributed by atoms with Gasteiger partial charge in [0, 0.05) is 23.1 Å². The summed E-state index contributed by atoms with van der Waals surface area (Å²) in [4.78, 5) is 42.4. The fourth-order valence-corrected chi connectivity index (χ4v) is 4.30. The van der Waals surface area contributed by atoms with E-state index < -0.39 is 24.4 Å². The van der Waals surface area contributed by atoms with Crippen LogP contribution in [0.3, 0.4) is 0 Å². The van der Waals surface area contributed by atoms with Crippen molar-refractivity contribution in [3.8, 4) is 34.3 Å². The molecule has 0 aliphatic heterocycles. The molecule has 0 saturated carbocycles. The molecule has 0 aliphatic rings. The summed E-state index contributed by atoms with van der Waals surface area (Å²) in [5, 5.41) is 7.26. The summed E-state index contributed by atoms with van der Waals surface area (Å²) < 4.78 is 31.4. The normalized spacial score (nSPS) is 10.4. The molecule has 12 nitrogen and oxygen atoms in total. The van der Waals surface area contributed by atoms with Gasteiger partial charge in [-0.15, -0.1) is 11.3 Å². The van der Waals surface area contributed by atoms with Crippen LogP contribution in [0.1, 0.15) is 20.9 Å². The van der Waals surface area contributed by atoms with Crippen molar-refractivity contribution in [1.82, 2.24) is 4.98 Å². The minimum absolute atomic E-state index is 0.0318. The van der Waals surface area contributed by atoms with Crippen molar-refractivity contribution in [1.29, 1.82) is 0 Å². The fourth-order valence-electron chi connectivity index (χ4n) is 3.57. The second-order valence-electron chi connectivity index (χ2n) is 7.92. The van der Waals surface area contributed by atoms with Gasteiger partial charge in [0.2, 0.25) is 0 Å². The Hall–Kier alpha value is -5.04. The van der Waals surface area contributed by atoms with Crippen molar-refractivity contribution in [3.63, 3.8) is 0 Å². The Balaban J connectivity index is 1.44. The largest absolute Gasteiger partial charge is 0.493 e. The van der Waals surface area contributed by atoms with Crippen LogP contribution in [0.4, 0.5) is 10.8 Å². The van der Waals surface area contributed by atoms with Gasteiger partial charge in [-0.25, -0.2) is 9.78 Å². The standard InChI is InChI=1S/C27H25N3O9S/c1-34-19-8-7-15(10-21(19)35-2)18-14-40-27(29-18)30-24(31)13-39-26(33)16-11-22(36-3)23(37-4)12-17(16)28-25(32)20-6-5-9-38-20/h5-12,14H,13H2,1-4H3,(H,28,32)(H,29,30,31). The third-order valence-corrected chi connectivity index (χ3v) is 6.26. The number of carbonyl (C=O) groups excluding carboxylic acids is 3. The Morgan fingerprint density at radius 3 is 2.25 bits per heavy atom. The lowest BCUT2D eigenvalue weighted by atomic mass is 10.1. The Labute approximate surface area is 232 Å². The monoisotopic (exact) mass is 567 g/mol. The summed E-state index contributed by atoms with van der Waals surface area (Å²) in [5.41, 5.74) is 1.39. The van der Waals surface area contributed by atoms with Gasteiger partial charge < -0.3 is 33.4 Å². The summed E-state index contributed by atoms with van der Waals surface area (Å²) in [5.74, 6) is -0.446. The molecule has 208 valence electrons. The van der Waals surface area contributed by atoms with Crippen LogP contribution in [0.25, 0.3) is 11.3 Å².